The molecule has 0 radical (unpaired) electrons. The van der Waals surface area contributed by atoms with Crippen molar-refractivity contribution in [2.24, 2.45) is 0 Å². The molecule has 0 unspecified atom stereocenters. The molecule has 0 atom stereocenters. The summed E-state index contributed by atoms with van der Waals surface area (Å²) in [5.41, 5.74) is 1.32. The fraction of sp³-hybridized carbons (Fsp3) is 0.0625. The lowest BCUT2D eigenvalue weighted by atomic mass is 10.2. The molecule has 0 amide bonds. The van der Waals surface area contributed by atoms with Gasteiger partial charge in [0.15, 0.2) is 5.82 Å². The van der Waals surface area contributed by atoms with E-state index in [1.54, 1.807) is 12.4 Å². The third-order valence-electron chi connectivity index (χ3n) is 3.50. The van der Waals surface area contributed by atoms with Crippen molar-refractivity contribution in [2.75, 3.05) is 5.32 Å². The highest BCUT2D eigenvalue weighted by molar-refractivity contribution is 5.90. The van der Waals surface area contributed by atoms with Gasteiger partial charge in [-0.1, -0.05) is 12.1 Å². The molecule has 0 fully saturated rings. The molecular weight excluding hydrogens is 306 g/mol. The number of hydrogen-bond donors (Lipinski definition) is 3. The van der Waals surface area contributed by atoms with Crippen molar-refractivity contribution >= 4 is 16.7 Å². The van der Waals surface area contributed by atoms with Crippen LogP contribution in [0.1, 0.15) is 5.82 Å². The number of H-pyrrole nitrogens is 2. The van der Waals surface area contributed by atoms with Gasteiger partial charge in [-0.05, 0) is 24.3 Å². The second kappa shape index (κ2) is 5.92. The van der Waals surface area contributed by atoms with E-state index in [2.05, 4.69) is 35.5 Å². The van der Waals surface area contributed by atoms with Crippen LogP contribution in [0.15, 0.2) is 53.6 Å². The van der Waals surface area contributed by atoms with Crippen LogP contribution in [0.4, 0.5) is 5.82 Å². The van der Waals surface area contributed by atoms with Crippen molar-refractivity contribution in [1.29, 1.82) is 0 Å². The highest BCUT2D eigenvalue weighted by Gasteiger charge is 2.10. The van der Waals surface area contributed by atoms with Gasteiger partial charge < -0.3 is 5.32 Å². The van der Waals surface area contributed by atoms with Gasteiger partial charge in [-0.2, -0.15) is 5.10 Å². The second-order valence-corrected chi connectivity index (χ2v) is 5.13. The topological polar surface area (TPSA) is 112 Å². The Morgan fingerprint density at radius 3 is 2.79 bits per heavy atom. The normalized spacial score (nSPS) is 10.8. The van der Waals surface area contributed by atoms with Gasteiger partial charge in [0.2, 0.25) is 0 Å². The number of aromatic nitrogens is 6. The molecule has 8 heteroatoms. The molecule has 1 aromatic carbocycles. The van der Waals surface area contributed by atoms with E-state index in [1.165, 1.54) is 0 Å². The molecule has 8 nitrogen and oxygen atoms in total. The quantitative estimate of drug-likeness (QED) is 0.528. The van der Waals surface area contributed by atoms with Crippen LogP contribution in [0.3, 0.4) is 0 Å². The summed E-state index contributed by atoms with van der Waals surface area (Å²) in [6, 6.07) is 11.5. The van der Waals surface area contributed by atoms with Crippen LogP contribution in [0, 0.1) is 0 Å². The van der Waals surface area contributed by atoms with Gasteiger partial charge >= 0.3 is 5.69 Å². The lowest BCUT2D eigenvalue weighted by molar-refractivity contribution is 0.947. The molecule has 0 bridgehead atoms. The Hall–Kier alpha value is -3.55. The molecule has 4 rings (SSSR count). The van der Waals surface area contributed by atoms with E-state index in [1.807, 2.05) is 36.4 Å². The molecule has 3 heterocycles. The van der Waals surface area contributed by atoms with Crippen molar-refractivity contribution in [2.45, 2.75) is 6.54 Å². The van der Waals surface area contributed by atoms with Crippen molar-refractivity contribution < 1.29 is 0 Å². The first-order chi connectivity index (χ1) is 11.8. The van der Waals surface area contributed by atoms with Crippen LogP contribution >= 0.6 is 0 Å². The summed E-state index contributed by atoms with van der Waals surface area (Å²) in [5, 5.41) is 10.3. The number of pyridine rings is 1. The molecule has 0 saturated heterocycles. The highest BCUT2D eigenvalue weighted by Crippen LogP contribution is 2.24. The number of nitrogens with zero attached hydrogens (tertiary/aromatic N) is 4. The van der Waals surface area contributed by atoms with E-state index in [-0.39, 0.29) is 5.69 Å². The number of nitrogens with one attached hydrogen (secondary N) is 3. The number of hydrogen-bond acceptors (Lipinski definition) is 6. The van der Waals surface area contributed by atoms with Crippen LogP contribution in [0.2, 0.25) is 0 Å². The molecule has 0 aliphatic rings. The van der Waals surface area contributed by atoms with E-state index in [0.717, 1.165) is 16.5 Å². The molecule has 24 heavy (non-hydrogen) atoms. The maximum Gasteiger partial charge on any atom is 0.340 e. The maximum atomic E-state index is 11.1. The van der Waals surface area contributed by atoms with Crippen molar-refractivity contribution in [1.82, 2.24) is 30.1 Å². The SMILES string of the molecule is O=c1[nH]nc(CNc2nc(-c3cccnc3)nc3ccccc23)[nH]1. The van der Waals surface area contributed by atoms with Crippen LogP contribution in [-0.4, -0.2) is 30.1 Å². The summed E-state index contributed by atoms with van der Waals surface area (Å²) in [5.74, 6) is 1.76. The molecule has 0 saturated carbocycles. The minimum Gasteiger partial charge on any atom is -0.362 e. The summed E-state index contributed by atoms with van der Waals surface area (Å²) in [6.45, 7) is 0.340. The molecular formula is C16H13N7O. The number of aromatic amines is 2. The fourth-order valence-corrected chi connectivity index (χ4v) is 2.39. The third kappa shape index (κ3) is 2.72. The number of benzene rings is 1. The lowest BCUT2D eigenvalue weighted by Gasteiger charge is -2.09. The van der Waals surface area contributed by atoms with Gasteiger partial charge in [0.25, 0.3) is 0 Å². The minimum absolute atomic E-state index is 0.338. The second-order valence-electron chi connectivity index (χ2n) is 5.13. The average molecular weight is 319 g/mol. The Morgan fingerprint density at radius 1 is 1.08 bits per heavy atom. The molecule has 0 spiro atoms. The Balaban J connectivity index is 1.76. The van der Waals surface area contributed by atoms with Gasteiger partial charge in [-0.3, -0.25) is 9.97 Å². The van der Waals surface area contributed by atoms with Crippen molar-refractivity contribution in [3.8, 4) is 11.4 Å². The highest BCUT2D eigenvalue weighted by atomic mass is 16.1. The Morgan fingerprint density at radius 2 is 2.00 bits per heavy atom. The third-order valence-corrected chi connectivity index (χ3v) is 3.50. The Bertz CT molecular complexity index is 1040. The van der Waals surface area contributed by atoms with Crippen LogP contribution < -0.4 is 11.0 Å². The molecule has 118 valence electrons. The van der Waals surface area contributed by atoms with E-state index < -0.39 is 0 Å². The zero-order valence-corrected chi connectivity index (χ0v) is 12.5. The largest absolute Gasteiger partial charge is 0.362 e. The minimum atomic E-state index is -0.338. The van der Waals surface area contributed by atoms with Gasteiger partial charge in [0, 0.05) is 23.3 Å². The smallest absolute Gasteiger partial charge is 0.340 e. The summed E-state index contributed by atoms with van der Waals surface area (Å²) in [4.78, 5) is 27.0. The van der Waals surface area contributed by atoms with E-state index in [4.69, 9.17) is 0 Å². The predicted molar refractivity (Wildman–Crippen MR) is 89.3 cm³/mol. The van der Waals surface area contributed by atoms with Gasteiger partial charge in [-0.15, -0.1) is 0 Å². The first-order valence-corrected chi connectivity index (χ1v) is 7.34. The first kappa shape index (κ1) is 14.1. The Labute approximate surface area is 136 Å². The van der Waals surface area contributed by atoms with Gasteiger partial charge in [0.1, 0.15) is 11.6 Å². The zero-order chi connectivity index (χ0) is 16.4. The molecule has 3 N–H and O–H groups in total. The van der Waals surface area contributed by atoms with Crippen LogP contribution in [-0.2, 0) is 6.54 Å². The van der Waals surface area contributed by atoms with E-state index in [9.17, 15) is 4.79 Å². The van der Waals surface area contributed by atoms with Crippen molar-refractivity contribution in [3.63, 3.8) is 0 Å². The zero-order valence-electron chi connectivity index (χ0n) is 12.5. The lowest BCUT2D eigenvalue weighted by Crippen LogP contribution is -2.07. The van der Waals surface area contributed by atoms with Crippen LogP contribution in [0.5, 0.6) is 0 Å². The molecule has 0 aliphatic carbocycles. The number of anilines is 1. The molecule has 3 aromatic heterocycles. The van der Waals surface area contributed by atoms with Crippen molar-refractivity contribution in [3.05, 3.63) is 65.1 Å². The first-order valence-electron chi connectivity index (χ1n) is 7.34. The number of rotatable bonds is 4. The number of para-hydroxylation sites is 1. The standard InChI is InChI=1S/C16H13N7O/c24-16-20-13(22-23-16)9-18-15-11-5-1-2-6-12(11)19-14(21-15)10-4-3-7-17-8-10/h1-8H,9H2,(H,18,19,21)(H2,20,22,23,24). The summed E-state index contributed by atoms with van der Waals surface area (Å²) in [7, 11) is 0. The maximum absolute atomic E-state index is 11.1. The molecule has 4 aromatic rings. The fourth-order valence-electron chi connectivity index (χ4n) is 2.39. The monoisotopic (exact) mass is 319 g/mol. The predicted octanol–water partition coefficient (Wildman–Crippen LogP) is 1.72. The van der Waals surface area contributed by atoms with E-state index >= 15 is 0 Å². The number of fused-ring (bicyclic) bond motifs is 1. The average Bonchev–Trinajstić information content (AvgIpc) is 3.05. The summed E-state index contributed by atoms with van der Waals surface area (Å²) >= 11 is 0. The van der Waals surface area contributed by atoms with Crippen LogP contribution in [0.25, 0.3) is 22.3 Å². The summed E-state index contributed by atoms with van der Waals surface area (Å²) in [6.07, 6.45) is 3.43. The van der Waals surface area contributed by atoms with Gasteiger partial charge in [-0.25, -0.2) is 19.9 Å². The van der Waals surface area contributed by atoms with E-state index in [0.29, 0.717) is 24.0 Å². The Kier molecular flexibility index (Phi) is 3.47. The summed E-state index contributed by atoms with van der Waals surface area (Å²) < 4.78 is 0. The molecule has 0 aliphatic heterocycles. The van der Waals surface area contributed by atoms with Gasteiger partial charge in [0.05, 0.1) is 12.1 Å².